The number of carbonyl (C=O) groups is 1. The summed E-state index contributed by atoms with van der Waals surface area (Å²) in [5.41, 5.74) is 2.14. The molecule has 2 rings (SSSR count). The largest absolute Gasteiger partial charge is 0.492 e. The molecule has 0 saturated heterocycles. The van der Waals surface area contributed by atoms with Gasteiger partial charge in [0.25, 0.3) is 0 Å². The Hall–Kier alpha value is -2.33. The van der Waals surface area contributed by atoms with Crippen molar-refractivity contribution in [2.75, 3.05) is 27.2 Å². The van der Waals surface area contributed by atoms with E-state index in [1.807, 2.05) is 80.5 Å². The molecule has 1 N–H and O–H groups in total. The maximum Gasteiger partial charge on any atom is 0.242 e. The van der Waals surface area contributed by atoms with E-state index in [1.165, 1.54) is 0 Å². The zero-order valence-corrected chi connectivity index (χ0v) is 14.0. The minimum atomic E-state index is -0.296. The van der Waals surface area contributed by atoms with E-state index in [2.05, 4.69) is 5.32 Å². The fourth-order valence-corrected chi connectivity index (χ4v) is 2.46. The molecule has 1 amide bonds. The summed E-state index contributed by atoms with van der Waals surface area (Å²) in [5.74, 6) is 0.806. The molecular weight excluding hydrogens is 288 g/mol. The molecule has 0 spiro atoms. The van der Waals surface area contributed by atoms with Crippen LogP contribution in [0.15, 0.2) is 54.6 Å². The lowest BCUT2D eigenvalue weighted by Gasteiger charge is -2.23. The van der Waals surface area contributed by atoms with Gasteiger partial charge in [0.1, 0.15) is 18.4 Å². The van der Waals surface area contributed by atoms with E-state index >= 15 is 0 Å². The van der Waals surface area contributed by atoms with E-state index in [4.69, 9.17) is 4.74 Å². The molecule has 23 heavy (non-hydrogen) atoms. The average molecular weight is 312 g/mol. The Balaban J connectivity index is 1.85. The third-order valence-corrected chi connectivity index (χ3v) is 3.54. The van der Waals surface area contributed by atoms with Crippen LogP contribution in [0.1, 0.15) is 17.2 Å². The topological polar surface area (TPSA) is 41.6 Å². The van der Waals surface area contributed by atoms with Crippen LogP contribution in [-0.2, 0) is 4.79 Å². The van der Waals surface area contributed by atoms with Crippen LogP contribution >= 0.6 is 0 Å². The van der Waals surface area contributed by atoms with Gasteiger partial charge in [0.05, 0.1) is 6.54 Å². The molecule has 2 aromatic carbocycles. The van der Waals surface area contributed by atoms with Gasteiger partial charge in [0.15, 0.2) is 0 Å². The average Bonchev–Trinajstić information content (AvgIpc) is 2.52. The van der Waals surface area contributed by atoms with E-state index in [1.54, 1.807) is 0 Å². The maximum absolute atomic E-state index is 12.4. The Bertz CT molecular complexity index is 626. The molecular formula is C19H24N2O2. The minimum Gasteiger partial charge on any atom is -0.492 e. The highest BCUT2D eigenvalue weighted by Crippen LogP contribution is 2.17. The van der Waals surface area contributed by atoms with Crippen LogP contribution in [-0.4, -0.2) is 38.1 Å². The highest BCUT2D eigenvalue weighted by Gasteiger charge is 2.22. The first-order valence-electron chi connectivity index (χ1n) is 7.76. The number of carbonyl (C=O) groups excluding carboxylic acids is 1. The summed E-state index contributed by atoms with van der Waals surface area (Å²) in [6, 6.07) is 17.4. The van der Waals surface area contributed by atoms with Crippen molar-refractivity contribution < 1.29 is 9.53 Å². The Labute approximate surface area is 138 Å². The summed E-state index contributed by atoms with van der Waals surface area (Å²) in [7, 11) is 3.81. The molecule has 0 aliphatic heterocycles. The number of likely N-dealkylation sites (N-methyl/N-ethyl adjacent to an activating group) is 1. The first kappa shape index (κ1) is 17.0. The number of ether oxygens (including phenoxy) is 1. The minimum absolute atomic E-state index is 0.0194. The van der Waals surface area contributed by atoms with Gasteiger partial charge in [-0.2, -0.15) is 0 Å². The lowest BCUT2D eigenvalue weighted by molar-refractivity contribution is -0.125. The zero-order valence-electron chi connectivity index (χ0n) is 14.0. The van der Waals surface area contributed by atoms with Crippen molar-refractivity contribution >= 4 is 5.91 Å². The second kappa shape index (κ2) is 8.34. The molecule has 2 aromatic rings. The normalized spacial score (nSPS) is 12.0. The van der Waals surface area contributed by atoms with Gasteiger partial charge in [-0.05, 0) is 44.3 Å². The van der Waals surface area contributed by atoms with Crippen LogP contribution in [0.4, 0.5) is 0 Å². The quantitative estimate of drug-likeness (QED) is 0.799. The molecule has 0 aromatic heterocycles. The predicted octanol–water partition coefficient (Wildman–Crippen LogP) is 2.79. The summed E-state index contributed by atoms with van der Waals surface area (Å²) in [4.78, 5) is 14.4. The molecule has 0 radical (unpaired) electrons. The molecule has 4 nitrogen and oxygen atoms in total. The van der Waals surface area contributed by atoms with Gasteiger partial charge in [-0.25, -0.2) is 0 Å². The Morgan fingerprint density at radius 2 is 1.87 bits per heavy atom. The lowest BCUT2D eigenvalue weighted by atomic mass is 10.1. The van der Waals surface area contributed by atoms with Gasteiger partial charge in [-0.15, -0.1) is 0 Å². The molecule has 1 unspecified atom stereocenters. The van der Waals surface area contributed by atoms with Crippen LogP contribution in [0.25, 0.3) is 0 Å². The molecule has 4 heteroatoms. The number of nitrogens with one attached hydrogen (secondary N) is 1. The number of nitrogens with zero attached hydrogens (tertiary/aromatic N) is 1. The molecule has 0 aliphatic rings. The summed E-state index contributed by atoms with van der Waals surface area (Å²) in [6.07, 6.45) is 0. The number of aryl methyl sites for hydroxylation is 1. The lowest BCUT2D eigenvalue weighted by Crippen LogP contribution is -2.38. The molecule has 0 saturated carbocycles. The number of rotatable bonds is 7. The Kier molecular flexibility index (Phi) is 6.18. The SMILES string of the molecule is Cc1cccc(OCCNC(=O)C(c2ccccc2)N(C)C)c1. The molecule has 0 bridgehead atoms. The highest BCUT2D eigenvalue weighted by molar-refractivity contribution is 5.83. The number of hydrogen-bond donors (Lipinski definition) is 1. The van der Waals surface area contributed by atoms with Gasteiger partial charge in [-0.1, -0.05) is 42.5 Å². The number of hydrogen-bond acceptors (Lipinski definition) is 3. The van der Waals surface area contributed by atoms with Crippen molar-refractivity contribution in [1.82, 2.24) is 10.2 Å². The zero-order chi connectivity index (χ0) is 16.7. The molecule has 122 valence electrons. The van der Waals surface area contributed by atoms with E-state index < -0.39 is 0 Å². The van der Waals surface area contributed by atoms with Crippen LogP contribution in [0, 0.1) is 6.92 Å². The van der Waals surface area contributed by atoms with Crippen molar-refractivity contribution in [2.24, 2.45) is 0 Å². The van der Waals surface area contributed by atoms with Gasteiger partial charge < -0.3 is 10.1 Å². The van der Waals surface area contributed by atoms with Crippen molar-refractivity contribution in [1.29, 1.82) is 0 Å². The van der Waals surface area contributed by atoms with Gasteiger partial charge in [0.2, 0.25) is 5.91 Å². The van der Waals surface area contributed by atoms with Crippen molar-refractivity contribution in [3.8, 4) is 5.75 Å². The van der Waals surface area contributed by atoms with Gasteiger partial charge in [-0.3, -0.25) is 9.69 Å². The standard InChI is InChI=1S/C19H24N2O2/c1-15-8-7-11-17(14-15)23-13-12-20-19(22)18(21(2)3)16-9-5-4-6-10-16/h4-11,14,18H,12-13H2,1-3H3,(H,20,22). The fourth-order valence-electron chi connectivity index (χ4n) is 2.46. The summed E-state index contributed by atoms with van der Waals surface area (Å²) < 4.78 is 5.65. The predicted molar refractivity (Wildman–Crippen MR) is 92.6 cm³/mol. The van der Waals surface area contributed by atoms with Gasteiger partial charge >= 0.3 is 0 Å². The van der Waals surface area contributed by atoms with Gasteiger partial charge in [0, 0.05) is 0 Å². The van der Waals surface area contributed by atoms with E-state index in [-0.39, 0.29) is 11.9 Å². The van der Waals surface area contributed by atoms with Crippen molar-refractivity contribution in [3.63, 3.8) is 0 Å². The summed E-state index contributed by atoms with van der Waals surface area (Å²) >= 11 is 0. The Morgan fingerprint density at radius 3 is 2.52 bits per heavy atom. The molecule has 0 aliphatic carbocycles. The monoisotopic (exact) mass is 312 g/mol. The van der Waals surface area contributed by atoms with Crippen LogP contribution in [0.2, 0.25) is 0 Å². The van der Waals surface area contributed by atoms with Crippen LogP contribution < -0.4 is 10.1 Å². The third-order valence-electron chi connectivity index (χ3n) is 3.54. The van der Waals surface area contributed by atoms with E-state index in [9.17, 15) is 4.79 Å². The molecule has 0 heterocycles. The fraction of sp³-hybridized carbons (Fsp3) is 0.316. The summed E-state index contributed by atoms with van der Waals surface area (Å²) in [5, 5.41) is 2.94. The highest BCUT2D eigenvalue weighted by atomic mass is 16.5. The summed E-state index contributed by atoms with van der Waals surface area (Å²) in [6.45, 7) is 2.95. The van der Waals surface area contributed by atoms with Crippen LogP contribution in [0.3, 0.4) is 0 Å². The first-order valence-corrected chi connectivity index (χ1v) is 7.76. The van der Waals surface area contributed by atoms with Crippen molar-refractivity contribution in [2.45, 2.75) is 13.0 Å². The van der Waals surface area contributed by atoms with E-state index in [0.717, 1.165) is 16.9 Å². The smallest absolute Gasteiger partial charge is 0.242 e. The van der Waals surface area contributed by atoms with E-state index in [0.29, 0.717) is 13.2 Å². The second-order valence-corrected chi connectivity index (χ2v) is 5.73. The molecule has 1 atom stereocenters. The second-order valence-electron chi connectivity index (χ2n) is 5.73. The van der Waals surface area contributed by atoms with Crippen LogP contribution in [0.5, 0.6) is 5.75 Å². The first-order chi connectivity index (χ1) is 11.1. The maximum atomic E-state index is 12.4. The number of amides is 1. The Morgan fingerprint density at radius 1 is 1.13 bits per heavy atom. The third kappa shape index (κ3) is 5.11. The number of benzene rings is 2. The molecule has 0 fully saturated rings. The van der Waals surface area contributed by atoms with Crippen molar-refractivity contribution in [3.05, 3.63) is 65.7 Å².